The van der Waals surface area contributed by atoms with E-state index in [-0.39, 0.29) is 29.1 Å². The molecule has 0 aliphatic heterocycles. The first-order valence-electron chi connectivity index (χ1n) is 10.4. The van der Waals surface area contributed by atoms with Gasteiger partial charge in [-0.15, -0.1) is 0 Å². The lowest BCUT2D eigenvalue weighted by molar-refractivity contribution is -0.139. The molecule has 1 aliphatic rings. The predicted molar refractivity (Wildman–Crippen MR) is 114 cm³/mol. The molecular formula is C22H25F5N2O4S. The quantitative estimate of drug-likeness (QED) is 0.518. The predicted octanol–water partition coefficient (Wildman–Crippen LogP) is 5.30. The minimum atomic E-state index is -5.03. The summed E-state index contributed by atoms with van der Waals surface area (Å²) in [5.41, 5.74) is -2.43. The number of aromatic carboxylic acids is 1. The number of carboxylic acids is 1. The molecule has 6 nitrogen and oxygen atoms in total. The van der Waals surface area contributed by atoms with E-state index in [2.05, 4.69) is 4.72 Å². The number of carbonyl (C=O) groups is 1. The van der Waals surface area contributed by atoms with Gasteiger partial charge in [-0.25, -0.2) is 26.7 Å². The van der Waals surface area contributed by atoms with Crippen LogP contribution < -0.4 is 4.72 Å². The zero-order valence-electron chi connectivity index (χ0n) is 18.9. The molecule has 1 aliphatic carbocycles. The number of sulfonamides is 1. The molecule has 188 valence electrons. The maximum atomic E-state index is 13.9. The summed E-state index contributed by atoms with van der Waals surface area (Å²) in [5.74, 6) is -4.61. The minimum absolute atomic E-state index is 0.00296. The summed E-state index contributed by atoms with van der Waals surface area (Å²) in [7, 11) is -4.54. The number of hydrogen-bond donors (Lipinski definition) is 2. The molecule has 2 aromatic rings. The Morgan fingerprint density at radius 3 is 2.24 bits per heavy atom. The van der Waals surface area contributed by atoms with E-state index in [1.165, 1.54) is 38.3 Å². The Balaban J connectivity index is 2.15. The number of nitrogens with zero attached hydrogens (tertiary/aromatic N) is 1. The van der Waals surface area contributed by atoms with Gasteiger partial charge in [0.2, 0.25) is 15.9 Å². The monoisotopic (exact) mass is 508 g/mol. The highest BCUT2D eigenvalue weighted by atomic mass is 32.2. The molecule has 0 atom stereocenters. The molecule has 0 bridgehead atoms. The molecule has 1 aromatic heterocycles. The summed E-state index contributed by atoms with van der Waals surface area (Å²) in [4.78, 5) is 10.7. The van der Waals surface area contributed by atoms with Crippen molar-refractivity contribution in [3.63, 3.8) is 0 Å². The third kappa shape index (κ3) is 5.43. The van der Waals surface area contributed by atoms with Crippen LogP contribution in [-0.4, -0.2) is 35.5 Å². The second-order valence-electron chi connectivity index (χ2n) is 9.64. The third-order valence-corrected chi connectivity index (χ3v) is 7.34. The Labute approximate surface area is 193 Å². The lowest BCUT2D eigenvalue weighted by Gasteiger charge is -2.35. The fourth-order valence-electron chi connectivity index (χ4n) is 4.11. The average Bonchev–Trinajstić information content (AvgIpc) is 2.94. The van der Waals surface area contributed by atoms with Gasteiger partial charge in [0.1, 0.15) is 0 Å². The van der Waals surface area contributed by atoms with Crippen LogP contribution in [0.15, 0.2) is 29.2 Å². The van der Waals surface area contributed by atoms with E-state index < -0.39 is 62.8 Å². The van der Waals surface area contributed by atoms with E-state index in [1.807, 2.05) is 0 Å². The topological polar surface area (TPSA) is 88.4 Å². The van der Waals surface area contributed by atoms with E-state index in [1.54, 1.807) is 0 Å². The van der Waals surface area contributed by atoms with Crippen molar-refractivity contribution in [3.8, 4) is 11.3 Å². The highest BCUT2D eigenvalue weighted by Gasteiger charge is 2.45. The van der Waals surface area contributed by atoms with Gasteiger partial charge >= 0.3 is 12.1 Å². The van der Waals surface area contributed by atoms with Crippen LogP contribution in [-0.2, 0) is 22.7 Å². The van der Waals surface area contributed by atoms with Gasteiger partial charge in [0.15, 0.2) is 0 Å². The Bertz CT molecular complexity index is 1220. The van der Waals surface area contributed by atoms with Crippen LogP contribution in [0, 0.1) is 12.8 Å². The Kier molecular flexibility index (Phi) is 6.41. The molecule has 3 rings (SSSR count). The number of nitrogens with one attached hydrogen (secondary N) is 1. The lowest BCUT2D eigenvalue weighted by atomic mass is 9.81. The molecular weight excluding hydrogens is 483 g/mol. The largest absolute Gasteiger partial charge is 0.478 e. The number of alkyl halides is 5. The SMILES string of the molecule is Cc1c(C(=O)O)cc(-c2ccc(S(=O)(=O)NC(C)(C)C)c(C(F)(F)F)c2)n1CC1CC(F)(F)C1. The fourth-order valence-corrected chi connectivity index (χ4v) is 5.74. The summed E-state index contributed by atoms with van der Waals surface area (Å²) in [6.07, 6.45) is -5.85. The van der Waals surface area contributed by atoms with Crippen LogP contribution in [0.2, 0.25) is 0 Å². The van der Waals surface area contributed by atoms with Crippen LogP contribution in [0.3, 0.4) is 0 Å². The van der Waals surface area contributed by atoms with Crippen molar-refractivity contribution in [2.24, 2.45) is 5.92 Å². The van der Waals surface area contributed by atoms with Crippen molar-refractivity contribution in [2.45, 2.75) is 69.6 Å². The van der Waals surface area contributed by atoms with E-state index in [4.69, 9.17) is 0 Å². The van der Waals surface area contributed by atoms with Crippen molar-refractivity contribution in [1.82, 2.24) is 9.29 Å². The maximum Gasteiger partial charge on any atom is 0.417 e. The summed E-state index contributed by atoms with van der Waals surface area (Å²) in [6, 6.07) is 3.78. The molecule has 34 heavy (non-hydrogen) atoms. The smallest absolute Gasteiger partial charge is 0.417 e. The van der Waals surface area contributed by atoms with Gasteiger partial charge in [-0.2, -0.15) is 13.2 Å². The molecule has 0 amide bonds. The molecule has 1 saturated carbocycles. The average molecular weight is 509 g/mol. The number of carboxylic acid groups (broad SMARTS) is 1. The van der Waals surface area contributed by atoms with Crippen LogP contribution in [0.25, 0.3) is 11.3 Å². The maximum absolute atomic E-state index is 13.9. The van der Waals surface area contributed by atoms with Gasteiger partial charge < -0.3 is 9.67 Å². The second-order valence-corrected chi connectivity index (χ2v) is 11.3. The number of hydrogen-bond acceptors (Lipinski definition) is 3. The van der Waals surface area contributed by atoms with Crippen LogP contribution in [0.4, 0.5) is 22.0 Å². The van der Waals surface area contributed by atoms with Crippen LogP contribution in [0.5, 0.6) is 0 Å². The lowest BCUT2D eigenvalue weighted by Crippen LogP contribution is -2.41. The van der Waals surface area contributed by atoms with Gasteiger partial charge in [0.25, 0.3) is 0 Å². The summed E-state index contributed by atoms with van der Waals surface area (Å²) >= 11 is 0. The Hall–Kier alpha value is -2.47. The van der Waals surface area contributed by atoms with Gasteiger partial charge in [-0.05, 0) is 57.4 Å². The molecule has 1 heterocycles. The number of rotatable bonds is 6. The Morgan fingerprint density at radius 1 is 1.18 bits per heavy atom. The standard InChI is InChI=1S/C22H25F5N2O4S/c1-12-15(19(30)31)8-17(29(12)11-13-9-21(23,24)10-13)14-5-6-18(16(7-14)22(25,26)27)34(32,33)28-20(2,3)4/h5-8,13,28H,9-11H2,1-4H3,(H,30,31). The van der Waals surface area contributed by atoms with E-state index in [0.29, 0.717) is 6.07 Å². The first-order valence-corrected chi connectivity index (χ1v) is 11.9. The zero-order valence-corrected chi connectivity index (χ0v) is 19.7. The van der Waals surface area contributed by atoms with Crippen LogP contribution >= 0.6 is 0 Å². The van der Waals surface area contributed by atoms with Crippen molar-refractivity contribution in [3.05, 3.63) is 41.1 Å². The zero-order chi connectivity index (χ0) is 25.9. The molecule has 12 heteroatoms. The fraction of sp³-hybridized carbons (Fsp3) is 0.500. The van der Waals surface area contributed by atoms with Gasteiger partial charge in [-0.3, -0.25) is 0 Å². The molecule has 1 aromatic carbocycles. The van der Waals surface area contributed by atoms with Crippen molar-refractivity contribution in [1.29, 1.82) is 0 Å². The molecule has 0 unspecified atom stereocenters. The van der Waals surface area contributed by atoms with E-state index in [0.717, 1.165) is 12.1 Å². The number of benzene rings is 1. The highest BCUT2D eigenvalue weighted by Crippen LogP contribution is 2.44. The normalized spacial score (nSPS) is 17.0. The van der Waals surface area contributed by atoms with Crippen molar-refractivity contribution >= 4 is 16.0 Å². The Morgan fingerprint density at radius 2 is 1.76 bits per heavy atom. The van der Waals surface area contributed by atoms with E-state index in [9.17, 15) is 40.3 Å². The van der Waals surface area contributed by atoms with Crippen molar-refractivity contribution in [2.75, 3.05) is 0 Å². The summed E-state index contributed by atoms with van der Waals surface area (Å²) in [5, 5.41) is 9.48. The molecule has 2 N–H and O–H groups in total. The van der Waals surface area contributed by atoms with E-state index >= 15 is 0 Å². The third-order valence-electron chi connectivity index (χ3n) is 5.52. The molecule has 0 radical (unpaired) electrons. The second kappa shape index (κ2) is 8.33. The number of halogens is 5. The summed E-state index contributed by atoms with van der Waals surface area (Å²) in [6.45, 7) is 5.90. The number of aromatic nitrogens is 1. The van der Waals surface area contributed by atoms with Crippen molar-refractivity contribution < 1.29 is 40.3 Å². The van der Waals surface area contributed by atoms with Gasteiger partial charge in [0, 0.05) is 36.3 Å². The minimum Gasteiger partial charge on any atom is -0.478 e. The molecule has 0 spiro atoms. The molecule has 0 saturated heterocycles. The summed E-state index contributed by atoms with van der Waals surface area (Å²) < 4.78 is 97.3. The first-order chi connectivity index (χ1) is 15.3. The first kappa shape index (κ1) is 26.1. The highest BCUT2D eigenvalue weighted by molar-refractivity contribution is 7.89. The van der Waals surface area contributed by atoms with Crippen LogP contribution in [0.1, 0.15) is 55.2 Å². The van der Waals surface area contributed by atoms with Gasteiger partial charge in [0.05, 0.1) is 16.0 Å². The molecule has 1 fully saturated rings. The van der Waals surface area contributed by atoms with Gasteiger partial charge in [-0.1, -0.05) is 6.07 Å².